The number of unbranched alkanes of at least 4 members (excludes halogenated alkanes) is 2. The number of hydrogen-bond acceptors (Lipinski definition) is 3. The van der Waals surface area contributed by atoms with E-state index in [9.17, 15) is 0 Å². The fourth-order valence-corrected chi connectivity index (χ4v) is 2.42. The first-order valence-electron chi connectivity index (χ1n) is 6.44. The Morgan fingerprint density at radius 1 is 1.18 bits per heavy atom. The standard InChI is InChI=1S/C14H21NOS/c17-11-5-1-4-8-15-9-10-16-14-7-3-2-6-13(14)12-15/h2-3,6-7,17H,1,4-5,8-12H2. The van der Waals surface area contributed by atoms with Crippen molar-refractivity contribution in [1.82, 2.24) is 4.90 Å². The minimum absolute atomic E-state index is 0.809. The molecule has 0 unspecified atom stereocenters. The Balaban J connectivity index is 1.85. The molecule has 94 valence electrons. The molecule has 0 radical (unpaired) electrons. The monoisotopic (exact) mass is 251 g/mol. The summed E-state index contributed by atoms with van der Waals surface area (Å²) in [5.41, 5.74) is 1.32. The Kier molecular flexibility index (Phi) is 5.20. The van der Waals surface area contributed by atoms with E-state index in [1.54, 1.807) is 0 Å². The molecule has 0 bridgehead atoms. The van der Waals surface area contributed by atoms with E-state index < -0.39 is 0 Å². The summed E-state index contributed by atoms with van der Waals surface area (Å²) in [6.45, 7) is 4.04. The fourth-order valence-electron chi connectivity index (χ4n) is 2.19. The van der Waals surface area contributed by atoms with Crippen LogP contribution in [0.15, 0.2) is 24.3 Å². The van der Waals surface area contributed by atoms with E-state index in [1.807, 2.05) is 6.07 Å². The van der Waals surface area contributed by atoms with Gasteiger partial charge in [0.05, 0.1) is 0 Å². The van der Waals surface area contributed by atoms with Crippen LogP contribution < -0.4 is 4.74 Å². The highest BCUT2D eigenvalue weighted by molar-refractivity contribution is 7.80. The predicted molar refractivity (Wildman–Crippen MR) is 74.9 cm³/mol. The van der Waals surface area contributed by atoms with E-state index in [0.717, 1.165) is 31.2 Å². The van der Waals surface area contributed by atoms with Gasteiger partial charge >= 0.3 is 0 Å². The van der Waals surface area contributed by atoms with Crippen molar-refractivity contribution in [2.75, 3.05) is 25.4 Å². The predicted octanol–water partition coefficient (Wildman–Crippen LogP) is 2.98. The topological polar surface area (TPSA) is 12.5 Å². The number of ether oxygens (including phenoxy) is 1. The number of hydrogen-bond donors (Lipinski definition) is 1. The van der Waals surface area contributed by atoms with Crippen molar-refractivity contribution in [1.29, 1.82) is 0 Å². The van der Waals surface area contributed by atoms with E-state index in [0.29, 0.717) is 0 Å². The van der Waals surface area contributed by atoms with E-state index in [4.69, 9.17) is 4.74 Å². The van der Waals surface area contributed by atoms with Crippen LogP contribution in [0.5, 0.6) is 5.75 Å². The van der Waals surface area contributed by atoms with Crippen molar-refractivity contribution in [3.8, 4) is 5.75 Å². The van der Waals surface area contributed by atoms with Crippen molar-refractivity contribution < 1.29 is 4.74 Å². The first kappa shape index (κ1) is 12.8. The van der Waals surface area contributed by atoms with Gasteiger partial charge in [0.15, 0.2) is 0 Å². The van der Waals surface area contributed by atoms with Gasteiger partial charge in [-0.2, -0.15) is 12.6 Å². The molecule has 0 atom stereocenters. The van der Waals surface area contributed by atoms with Gasteiger partial charge in [0.2, 0.25) is 0 Å². The number of thiol groups is 1. The van der Waals surface area contributed by atoms with Gasteiger partial charge in [-0.05, 0) is 31.2 Å². The lowest BCUT2D eigenvalue weighted by Crippen LogP contribution is -2.26. The van der Waals surface area contributed by atoms with Gasteiger partial charge < -0.3 is 4.74 Å². The minimum atomic E-state index is 0.809. The summed E-state index contributed by atoms with van der Waals surface area (Å²) >= 11 is 4.24. The third-order valence-electron chi connectivity index (χ3n) is 3.16. The molecular weight excluding hydrogens is 230 g/mol. The quantitative estimate of drug-likeness (QED) is 0.638. The smallest absolute Gasteiger partial charge is 0.123 e. The van der Waals surface area contributed by atoms with Crippen molar-refractivity contribution in [2.24, 2.45) is 0 Å². The highest BCUT2D eigenvalue weighted by Gasteiger charge is 2.13. The zero-order chi connectivity index (χ0) is 11.9. The number of benzene rings is 1. The van der Waals surface area contributed by atoms with Crippen molar-refractivity contribution in [3.05, 3.63) is 29.8 Å². The molecule has 2 nitrogen and oxygen atoms in total. The number of nitrogens with zero attached hydrogens (tertiary/aromatic N) is 1. The molecule has 1 aliphatic heterocycles. The zero-order valence-electron chi connectivity index (χ0n) is 10.3. The second-order valence-corrected chi connectivity index (χ2v) is 4.96. The molecule has 1 aromatic rings. The molecule has 0 aliphatic carbocycles. The van der Waals surface area contributed by atoms with Gasteiger partial charge in [-0.1, -0.05) is 24.6 Å². The van der Waals surface area contributed by atoms with Gasteiger partial charge in [0.1, 0.15) is 12.4 Å². The van der Waals surface area contributed by atoms with Gasteiger partial charge in [0, 0.05) is 18.7 Å². The number of para-hydroxylation sites is 1. The first-order chi connectivity index (χ1) is 8.40. The van der Waals surface area contributed by atoms with Gasteiger partial charge in [-0.25, -0.2) is 0 Å². The Morgan fingerprint density at radius 2 is 2.06 bits per heavy atom. The first-order valence-corrected chi connectivity index (χ1v) is 7.07. The molecule has 17 heavy (non-hydrogen) atoms. The van der Waals surface area contributed by atoms with Gasteiger partial charge in [0.25, 0.3) is 0 Å². The number of rotatable bonds is 5. The molecule has 0 fully saturated rings. The van der Waals surface area contributed by atoms with Crippen LogP contribution in [0.1, 0.15) is 24.8 Å². The van der Waals surface area contributed by atoms with Crippen LogP contribution in [-0.2, 0) is 6.54 Å². The minimum Gasteiger partial charge on any atom is -0.492 e. The molecule has 0 aromatic heterocycles. The highest BCUT2D eigenvalue weighted by Crippen LogP contribution is 2.22. The average Bonchev–Trinajstić information content (AvgIpc) is 2.56. The van der Waals surface area contributed by atoms with Crippen LogP contribution in [0, 0.1) is 0 Å². The SMILES string of the molecule is SCCCCCN1CCOc2ccccc2C1. The fraction of sp³-hybridized carbons (Fsp3) is 0.571. The normalized spacial score (nSPS) is 16.1. The maximum Gasteiger partial charge on any atom is 0.123 e. The zero-order valence-corrected chi connectivity index (χ0v) is 11.2. The van der Waals surface area contributed by atoms with Crippen molar-refractivity contribution in [3.63, 3.8) is 0 Å². The maximum absolute atomic E-state index is 5.75. The van der Waals surface area contributed by atoms with Crippen LogP contribution in [0.3, 0.4) is 0 Å². The lowest BCUT2D eigenvalue weighted by molar-refractivity contribution is 0.222. The van der Waals surface area contributed by atoms with Crippen molar-refractivity contribution in [2.45, 2.75) is 25.8 Å². The average molecular weight is 251 g/mol. The second-order valence-electron chi connectivity index (χ2n) is 4.52. The van der Waals surface area contributed by atoms with Crippen LogP contribution in [0.2, 0.25) is 0 Å². The van der Waals surface area contributed by atoms with Gasteiger partial charge in [-0.3, -0.25) is 4.90 Å². The van der Waals surface area contributed by atoms with Crippen LogP contribution in [-0.4, -0.2) is 30.3 Å². The van der Waals surface area contributed by atoms with Crippen LogP contribution >= 0.6 is 12.6 Å². The molecular formula is C14H21NOS. The van der Waals surface area contributed by atoms with E-state index in [1.165, 1.54) is 31.4 Å². The summed E-state index contributed by atoms with van der Waals surface area (Å²) < 4.78 is 5.75. The third kappa shape index (κ3) is 3.93. The summed E-state index contributed by atoms with van der Waals surface area (Å²) in [6.07, 6.45) is 3.77. The second kappa shape index (κ2) is 6.92. The van der Waals surface area contributed by atoms with Gasteiger partial charge in [-0.15, -0.1) is 0 Å². The summed E-state index contributed by atoms with van der Waals surface area (Å²) in [4.78, 5) is 2.49. The van der Waals surface area contributed by atoms with Crippen molar-refractivity contribution >= 4 is 12.6 Å². The largest absolute Gasteiger partial charge is 0.492 e. The molecule has 2 rings (SSSR count). The Hall–Kier alpha value is -0.670. The Bertz CT molecular complexity index is 343. The lowest BCUT2D eigenvalue weighted by Gasteiger charge is -2.18. The number of fused-ring (bicyclic) bond motifs is 1. The molecule has 0 amide bonds. The van der Waals surface area contributed by atoms with Crippen LogP contribution in [0.4, 0.5) is 0 Å². The van der Waals surface area contributed by atoms with Crippen LogP contribution in [0.25, 0.3) is 0 Å². The summed E-state index contributed by atoms with van der Waals surface area (Å²) in [6, 6.07) is 8.37. The third-order valence-corrected chi connectivity index (χ3v) is 3.48. The molecule has 1 aliphatic rings. The molecule has 0 saturated heterocycles. The molecule has 3 heteroatoms. The lowest BCUT2D eigenvalue weighted by atomic mass is 10.2. The summed E-state index contributed by atoms with van der Waals surface area (Å²) in [5, 5.41) is 0. The molecule has 0 spiro atoms. The van der Waals surface area contributed by atoms with E-state index in [2.05, 4.69) is 35.7 Å². The molecule has 0 N–H and O–H groups in total. The molecule has 1 heterocycles. The molecule has 0 saturated carbocycles. The van der Waals surface area contributed by atoms with E-state index in [-0.39, 0.29) is 0 Å². The molecule has 1 aromatic carbocycles. The summed E-state index contributed by atoms with van der Waals surface area (Å²) in [5.74, 6) is 2.07. The highest BCUT2D eigenvalue weighted by atomic mass is 32.1. The maximum atomic E-state index is 5.75. The Morgan fingerprint density at radius 3 is 2.94 bits per heavy atom. The summed E-state index contributed by atoms with van der Waals surface area (Å²) in [7, 11) is 0. The van der Waals surface area contributed by atoms with E-state index >= 15 is 0 Å². The Labute approximate surface area is 109 Å².